The van der Waals surface area contributed by atoms with Gasteiger partial charge in [0.2, 0.25) is 0 Å². The van der Waals surface area contributed by atoms with Crippen LogP contribution >= 0.6 is 0 Å². The first-order valence-corrected chi connectivity index (χ1v) is 18.9. The van der Waals surface area contributed by atoms with E-state index in [2.05, 4.69) is 0 Å². The number of ketones is 1. The predicted octanol–water partition coefficient (Wildman–Crippen LogP) is 1.41. The Labute approximate surface area is 315 Å². The summed E-state index contributed by atoms with van der Waals surface area (Å²) >= 11 is 0. The zero-order valence-electron chi connectivity index (χ0n) is 34.2. The number of Topliss-reactive ketones (excluding diaryl/α,β-unsaturated/α-hetero) is 1. The first-order chi connectivity index (χ1) is 24.4. The Bertz CT molecular complexity index is 1220. The van der Waals surface area contributed by atoms with Crippen LogP contribution in [0.5, 0.6) is 0 Å². The smallest absolute Gasteiger partial charge is 0.311 e. The van der Waals surface area contributed by atoms with Crippen molar-refractivity contribution in [3.05, 3.63) is 0 Å². The highest BCUT2D eigenvalue weighted by atomic mass is 16.7. The normalized spacial score (nSPS) is 48.9. The number of nitrogens with zero attached hydrogens (tertiary/aromatic N) is 1. The summed E-state index contributed by atoms with van der Waals surface area (Å²) in [6.45, 7) is 16.1. The van der Waals surface area contributed by atoms with E-state index in [1.54, 1.807) is 41.5 Å². The summed E-state index contributed by atoms with van der Waals surface area (Å²) in [6, 6.07) is -0.310. The highest BCUT2D eigenvalue weighted by Gasteiger charge is 2.54. The molecule has 0 aromatic carbocycles. The summed E-state index contributed by atoms with van der Waals surface area (Å²) in [4.78, 5) is 30.1. The van der Waals surface area contributed by atoms with E-state index in [0.29, 0.717) is 6.42 Å². The van der Waals surface area contributed by atoms with Crippen LogP contribution in [0.4, 0.5) is 0 Å². The van der Waals surface area contributed by atoms with Gasteiger partial charge < -0.3 is 63.6 Å². The fraction of sp³-hybridized carbons (Fsp3) is 0.947. The number of carbonyl (C=O) groups excluding carboxylic acids is 2. The molecule has 1 unspecified atom stereocenters. The number of hydrogen-bond donors (Lipinski definition) is 5. The fourth-order valence-electron chi connectivity index (χ4n) is 8.64. The maximum Gasteiger partial charge on any atom is 0.311 e. The van der Waals surface area contributed by atoms with Crippen LogP contribution in [-0.4, -0.2) is 161 Å². The van der Waals surface area contributed by atoms with Crippen LogP contribution in [0.2, 0.25) is 0 Å². The maximum absolute atomic E-state index is 14.2. The van der Waals surface area contributed by atoms with Crippen LogP contribution in [0.3, 0.4) is 0 Å². The number of carbonyl (C=O) groups is 2. The lowest BCUT2D eigenvalue weighted by molar-refractivity contribution is -0.319. The van der Waals surface area contributed by atoms with Crippen molar-refractivity contribution in [1.29, 1.82) is 0 Å². The number of hydrogen-bond acceptors (Lipinski definition) is 15. The van der Waals surface area contributed by atoms with Crippen molar-refractivity contribution in [3.63, 3.8) is 0 Å². The molecule has 310 valence electrons. The zero-order chi connectivity index (χ0) is 40.5. The lowest BCUT2D eigenvalue weighted by Gasteiger charge is -2.50. The van der Waals surface area contributed by atoms with E-state index in [1.807, 2.05) is 25.9 Å². The summed E-state index contributed by atoms with van der Waals surface area (Å²) in [5.74, 6) is -5.10. The van der Waals surface area contributed by atoms with Gasteiger partial charge in [-0.25, -0.2) is 0 Å². The van der Waals surface area contributed by atoms with Crippen molar-refractivity contribution in [1.82, 2.24) is 4.90 Å². The van der Waals surface area contributed by atoms with E-state index in [4.69, 9.17) is 33.2 Å². The Morgan fingerprint density at radius 3 is 1.96 bits per heavy atom. The molecular formula is C38H69NO14. The quantitative estimate of drug-likeness (QED) is 0.222. The van der Waals surface area contributed by atoms with E-state index < -0.39 is 114 Å². The highest BCUT2D eigenvalue weighted by Crippen LogP contribution is 2.42. The molecule has 0 aromatic heterocycles. The lowest BCUT2D eigenvalue weighted by atomic mass is 9.73. The summed E-state index contributed by atoms with van der Waals surface area (Å²) in [5.41, 5.74) is -4.61. The Morgan fingerprint density at radius 2 is 1.43 bits per heavy atom. The molecule has 0 radical (unpaired) electrons. The van der Waals surface area contributed by atoms with E-state index in [-0.39, 0.29) is 25.0 Å². The Morgan fingerprint density at radius 1 is 0.849 bits per heavy atom. The molecule has 53 heavy (non-hydrogen) atoms. The van der Waals surface area contributed by atoms with Crippen molar-refractivity contribution in [2.75, 3.05) is 28.3 Å². The van der Waals surface area contributed by atoms with Gasteiger partial charge in [0, 0.05) is 44.4 Å². The molecular weight excluding hydrogens is 694 g/mol. The standard InChI is InChI=1S/C38H69NO14/c1-18-16-37(9,48-14)32(53-35-28(42)25(39(11)12)15-19(2)49-35)21(4)29(51-26-17-36(8,47-13)31(44)24(7)50-26)22(5)34(45)52-33(23(6)40)38(10,46)30(43)20(3)27(18)41/h18-26,28-33,35,40,42-44,46H,15-17H2,1-14H3/t18-,19-,20+,21+,22-,23?,24+,25+,26+,28-,29+,30-,31+,32-,33-,35+,36-,37-,38+/m1/s1. The molecule has 0 bridgehead atoms. The summed E-state index contributed by atoms with van der Waals surface area (Å²) in [7, 11) is 6.68. The van der Waals surface area contributed by atoms with Gasteiger partial charge in [0.25, 0.3) is 0 Å². The Kier molecular flexibility index (Phi) is 15.5. The fourth-order valence-corrected chi connectivity index (χ4v) is 8.64. The van der Waals surface area contributed by atoms with Crippen LogP contribution in [0.25, 0.3) is 0 Å². The molecule has 0 amide bonds. The van der Waals surface area contributed by atoms with E-state index >= 15 is 0 Å². The van der Waals surface area contributed by atoms with Gasteiger partial charge in [0.05, 0.1) is 53.7 Å². The van der Waals surface area contributed by atoms with Crippen LogP contribution in [-0.2, 0) is 42.7 Å². The Hall–Kier alpha value is -1.34. The maximum atomic E-state index is 14.2. The van der Waals surface area contributed by atoms with Crippen LogP contribution in [0.1, 0.15) is 88.5 Å². The second kappa shape index (κ2) is 17.9. The average Bonchev–Trinajstić information content (AvgIpc) is 3.09. The van der Waals surface area contributed by atoms with Gasteiger partial charge >= 0.3 is 5.97 Å². The van der Waals surface area contributed by atoms with Crippen LogP contribution < -0.4 is 0 Å². The molecule has 0 aliphatic carbocycles. The topological polar surface area (TPSA) is 203 Å². The Balaban J connectivity index is 2.24. The number of aliphatic hydroxyl groups excluding tert-OH is 4. The number of cyclic esters (lactones) is 1. The monoisotopic (exact) mass is 763 g/mol. The third-order valence-corrected chi connectivity index (χ3v) is 12.2. The predicted molar refractivity (Wildman–Crippen MR) is 192 cm³/mol. The average molecular weight is 764 g/mol. The number of ether oxygens (including phenoxy) is 7. The van der Waals surface area contributed by atoms with Crippen molar-refractivity contribution < 1.29 is 68.3 Å². The zero-order valence-corrected chi connectivity index (χ0v) is 34.2. The van der Waals surface area contributed by atoms with Crippen molar-refractivity contribution in [3.8, 4) is 0 Å². The van der Waals surface area contributed by atoms with Gasteiger partial charge in [-0.05, 0) is 75.4 Å². The molecule has 15 heteroatoms. The van der Waals surface area contributed by atoms with Crippen molar-refractivity contribution in [2.45, 2.75) is 179 Å². The van der Waals surface area contributed by atoms with Gasteiger partial charge in [-0.3, -0.25) is 9.59 Å². The van der Waals surface area contributed by atoms with Crippen LogP contribution in [0, 0.1) is 23.7 Å². The molecule has 0 aromatic rings. The van der Waals surface area contributed by atoms with E-state index in [9.17, 15) is 35.1 Å². The van der Waals surface area contributed by atoms with Gasteiger partial charge in [-0.2, -0.15) is 0 Å². The minimum absolute atomic E-state index is 0.0578. The second-order valence-electron chi connectivity index (χ2n) is 16.9. The van der Waals surface area contributed by atoms with Crippen molar-refractivity contribution >= 4 is 11.8 Å². The molecule has 3 heterocycles. The van der Waals surface area contributed by atoms with Gasteiger partial charge in [0.15, 0.2) is 18.7 Å². The summed E-state index contributed by atoms with van der Waals surface area (Å²) in [6.07, 6.45) is -11.5. The van der Waals surface area contributed by atoms with Gasteiger partial charge in [-0.1, -0.05) is 20.8 Å². The molecule has 19 atom stereocenters. The molecule has 3 fully saturated rings. The first kappa shape index (κ1) is 46.0. The number of rotatable bonds is 8. The number of esters is 1. The highest BCUT2D eigenvalue weighted by molar-refractivity contribution is 5.83. The van der Waals surface area contributed by atoms with E-state index in [0.717, 1.165) is 0 Å². The molecule has 0 spiro atoms. The molecule has 3 aliphatic rings. The molecule has 0 saturated carbocycles. The lowest BCUT2D eigenvalue weighted by Crippen LogP contribution is -2.62. The molecule has 3 rings (SSSR count). The summed E-state index contributed by atoms with van der Waals surface area (Å²) < 4.78 is 43.6. The largest absolute Gasteiger partial charge is 0.456 e. The number of methoxy groups -OCH3 is 2. The van der Waals surface area contributed by atoms with Crippen LogP contribution in [0.15, 0.2) is 0 Å². The molecule has 3 saturated heterocycles. The van der Waals surface area contributed by atoms with E-state index in [1.165, 1.54) is 35.0 Å². The van der Waals surface area contributed by atoms with Gasteiger partial charge in [-0.15, -0.1) is 0 Å². The van der Waals surface area contributed by atoms with Gasteiger partial charge in [0.1, 0.15) is 23.6 Å². The second-order valence-corrected chi connectivity index (χ2v) is 16.9. The van der Waals surface area contributed by atoms with Crippen molar-refractivity contribution in [2.24, 2.45) is 23.7 Å². The first-order valence-electron chi connectivity index (χ1n) is 18.9. The SMILES string of the molecule is CO[C@]1(C)C[C@@H](C)C(=O)[C@H](C)[C@@H](O)[C@](C)(O)[C@@H](C(C)O)OC(=O)[C@H](C)[C@@H](O[C@H]2C[C@@](C)(OC)[C@@H](O)[C@H](C)O2)[C@H](C)[C@H]1O[C@@H]1O[C@H](C)C[C@H](N(C)C)[C@H]1O. The molecule has 15 nitrogen and oxygen atoms in total. The third-order valence-electron chi connectivity index (χ3n) is 12.2. The number of likely N-dealkylation sites (N-methyl/N-ethyl adjacent to an activating group) is 1. The minimum atomic E-state index is -2.24. The number of aliphatic hydroxyl groups is 5. The summed E-state index contributed by atoms with van der Waals surface area (Å²) in [5, 5.41) is 56.4. The molecule has 5 N–H and O–H groups in total. The molecule has 3 aliphatic heterocycles. The third kappa shape index (κ3) is 9.80. The minimum Gasteiger partial charge on any atom is -0.456 e.